The van der Waals surface area contributed by atoms with Crippen LogP contribution in [0.4, 0.5) is 13.6 Å². The summed E-state index contributed by atoms with van der Waals surface area (Å²) in [5.41, 5.74) is -0.216. The third-order valence-electron chi connectivity index (χ3n) is 3.25. The smallest absolute Gasteiger partial charge is 0.408 e. The number of benzene rings is 1. The molecule has 2 rings (SSSR count). The molecule has 0 spiro atoms. The van der Waals surface area contributed by atoms with Crippen LogP contribution in [0.2, 0.25) is 0 Å². The van der Waals surface area contributed by atoms with E-state index in [1.165, 1.54) is 6.07 Å². The number of amides is 1. The van der Waals surface area contributed by atoms with Crippen molar-refractivity contribution in [2.75, 3.05) is 6.61 Å². The van der Waals surface area contributed by atoms with Crippen LogP contribution in [0, 0.1) is 11.6 Å². The van der Waals surface area contributed by atoms with Crippen molar-refractivity contribution < 1.29 is 23.4 Å². The minimum absolute atomic E-state index is 0.121. The fourth-order valence-corrected chi connectivity index (χ4v) is 2.94. The van der Waals surface area contributed by atoms with Crippen LogP contribution in [0.15, 0.2) is 22.8 Å². The maximum absolute atomic E-state index is 13.9. The van der Waals surface area contributed by atoms with Crippen molar-refractivity contribution in [1.82, 2.24) is 9.88 Å². The van der Waals surface area contributed by atoms with Crippen LogP contribution in [0.3, 0.4) is 0 Å². The van der Waals surface area contributed by atoms with Crippen molar-refractivity contribution in [1.29, 1.82) is 0 Å². The lowest BCUT2D eigenvalue weighted by Gasteiger charge is -2.23. The number of carbonyl (C=O) groups is 1. The molecule has 2 aromatic rings. The molecule has 24 heavy (non-hydrogen) atoms. The molecule has 0 bridgehead atoms. The first-order chi connectivity index (χ1) is 11.1. The van der Waals surface area contributed by atoms with E-state index in [1.54, 1.807) is 31.5 Å². The van der Waals surface area contributed by atoms with Crippen molar-refractivity contribution in [2.45, 2.75) is 39.0 Å². The third kappa shape index (κ3) is 4.24. The van der Waals surface area contributed by atoms with Crippen molar-refractivity contribution in [3.8, 4) is 0 Å². The maximum atomic E-state index is 13.9. The summed E-state index contributed by atoms with van der Waals surface area (Å²) in [6.07, 6.45) is 0.909. The molecule has 1 heterocycles. The number of aromatic nitrogens is 1. The molecular formula is C16H19BrF2N2O3. The van der Waals surface area contributed by atoms with Crippen LogP contribution in [-0.4, -0.2) is 34.0 Å². The number of carbonyl (C=O) groups excluding carboxylic acids is 1. The fourth-order valence-electron chi connectivity index (χ4n) is 2.30. The Bertz CT molecular complexity index is 756. The molecule has 2 N–H and O–H groups in total. The SMILES string of the molecule is CC(C)(C)OC(=O)N[C@@H](CO)Cn1ccc2c(F)c(F)cc(Br)c21. The second-order valence-corrected chi connectivity index (χ2v) is 7.26. The van der Waals surface area contributed by atoms with Crippen LogP contribution in [-0.2, 0) is 11.3 Å². The van der Waals surface area contributed by atoms with Crippen LogP contribution >= 0.6 is 15.9 Å². The van der Waals surface area contributed by atoms with Crippen LogP contribution in [0.1, 0.15) is 20.8 Å². The van der Waals surface area contributed by atoms with Gasteiger partial charge < -0.3 is 19.7 Å². The summed E-state index contributed by atoms with van der Waals surface area (Å²) in [5, 5.41) is 12.2. The monoisotopic (exact) mass is 404 g/mol. The number of fused-ring (bicyclic) bond motifs is 1. The van der Waals surface area contributed by atoms with Gasteiger partial charge in [0.25, 0.3) is 0 Å². The average molecular weight is 405 g/mol. The molecular weight excluding hydrogens is 386 g/mol. The Hall–Kier alpha value is -1.67. The van der Waals surface area contributed by atoms with E-state index in [-0.39, 0.29) is 18.5 Å². The zero-order valence-electron chi connectivity index (χ0n) is 13.6. The van der Waals surface area contributed by atoms with Gasteiger partial charge in [0.05, 0.1) is 18.2 Å². The zero-order valence-corrected chi connectivity index (χ0v) is 15.2. The largest absolute Gasteiger partial charge is 0.444 e. The Balaban J connectivity index is 2.21. The van der Waals surface area contributed by atoms with Crippen LogP contribution < -0.4 is 5.32 Å². The Kier molecular flexibility index (Phi) is 5.49. The number of rotatable bonds is 4. The first kappa shape index (κ1) is 18.7. The van der Waals surface area contributed by atoms with Gasteiger partial charge in [-0.2, -0.15) is 0 Å². The standard InChI is InChI=1S/C16H19BrF2N2O3/c1-16(2,3)24-15(23)20-9(8-22)7-21-5-4-10-13(19)12(18)6-11(17)14(10)21/h4-6,9,22H,7-8H2,1-3H3,(H,20,23)/t9-/m1/s1. The number of hydrogen-bond acceptors (Lipinski definition) is 3. The Labute approximate surface area is 146 Å². The molecule has 8 heteroatoms. The summed E-state index contributed by atoms with van der Waals surface area (Å²) in [6, 6.07) is 1.85. The summed E-state index contributed by atoms with van der Waals surface area (Å²) < 4.78 is 34.5. The first-order valence-electron chi connectivity index (χ1n) is 7.35. The summed E-state index contributed by atoms with van der Waals surface area (Å²) in [4.78, 5) is 11.8. The second-order valence-electron chi connectivity index (χ2n) is 6.41. The van der Waals surface area contributed by atoms with Crippen molar-refractivity contribution in [3.63, 3.8) is 0 Å². The molecule has 132 valence electrons. The minimum Gasteiger partial charge on any atom is -0.444 e. The van der Waals surface area contributed by atoms with Gasteiger partial charge in [-0.25, -0.2) is 13.6 Å². The van der Waals surface area contributed by atoms with E-state index in [0.717, 1.165) is 6.07 Å². The average Bonchev–Trinajstić information content (AvgIpc) is 2.86. The number of halogens is 3. The lowest BCUT2D eigenvalue weighted by atomic mass is 10.2. The number of hydrogen-bond donors (Lipinski definition) is 2. The predicted molar refractivity (Wildman–Crippen MR) is 89.8 cm³/mol. The molecule has 0 saturated carbocycles. The molecule has 0 aliphatic rings. The Morgan fingerprint density at radius 2 is 2.12 bits per heavy atom. The van der Waals surface area contributed by atoms with Gasteiger partial charge in [-0.1, -0.05) is 0 Å². The van der Waals surface area contributed by atoms with Crippen LogP contribution in [0.25, 0.3) is 10.9 Å². The molecule has 0 aliphatic heterocycles. The molecule has 1 aromatic heterocycles. The number of aliphatic hydroxyl groups excluding tert-OH is 1. The molecule has 1 amide bonds. The highest BCUT2D eigenvalue weighted by Crippen LogP contribution is 2.29. The van der Waals surface area contributed by atoms with Gasteiger partial charge in [0, 0.05) is 22.6 Å². The van der Waals surface area contributed by atoms with E-state index in [9.17, 15) is 18.7 Å². The lowest BCUT2D eigenvalue weighted by Crippen LogP contribution is -2.43. The first-order valence-corrected chi connectivity index (χ1v) is 8.14. The van der Waals surface area contributed by atoms with Gasteiger partial charge in [-0.15, -0.1) is 0 Å². The maximum Gasteiger partial charge on any atom is 0.408 e. The second kappa shape index (κ2) is 7.06. The Morgan fingerprint density at radius 1 is 1.46 bits per heavy atom. The number of aliphatic hydroxyl groups is 1. The van der Waals surface area contributed by atoms with Gasteiger partial charge in [0.1, 0.15) is 5.60 Å². The summed E-state index contributed by atoms with van der Waals surface area (Å²) in [5.74, 6) is -1.88. The minimum atomic E-state index is -0.947. The highest BCUT2D eigenvalue weighted by Gasteiger charge is 2.21. The van der Waals surface area contributed by atoms with Gasteiger partial charge in [-0.3, -0.25) is 0 Å². The zero-order chi connectivity index (χ0) is 18.1. The normalized spacial score (nSPS) is 13.1. The number of nitrogens with one attached hydrogen (secondary N) is 1. The van der Waals surface area contributed by atoms with E-state index in [4.69, 9.17) is 4.74 Å². The van der Waals surface area contributed by atoms with E-state index in [1.807, 2.05) is 0 Å². The van der Waals surface area contributed by atoms with Gasteiger partial charge >= 0.3 is 6.09 Å². The van der Waals surface area contributed by atoms with Crippen molar-refractivity contribution >= 4 is 32.9 Å². The van der Waals surface area contributed by atoms with Crippen LogP contribution in [0.5, 0.6) is 0 Å². The third-order valence-corrected chi connectivity index (χ3v) is 3.85. The van der Waals surface area contributed by atoms with Crippen molar-refractivity contribution in [2.24, 2.45) is 0 Å². The number of nitrogens with zero attached hydrogens (tertiary/aromatic N) is 1. The predicted octanol–water partition coefficient (Wildman–Crippen LogP) is 3.57. The molecule has 1 atom stereocenters. The molecule has 0 saturated heterocycles. The number of alkyl carbamates (subject to hydrolysis) is 1. The summed E-state index contributed by atoms with van der Waals surface area (Å²) >= 11 is 3.21. The van der Waals surface area contributed by atoms with E-state index >= 15 is 0 Å². The molecule has 1 aromatic carbocycles. The van der Waals surface area contributed by atoms with Gasteiger partial charge in [0.2, 0.25) is 0 Å². The molecule has 0 radical (unpaired) electrons. The lowest BCUT2D eigenvalue weighted by molar-refractivity contribution is 0.0476. The highest BCUT2D eigenvalue weighted by molar-refractivity contribution is 9.10. The summed E-state index contributed by atoms with van der Waals surface area (Å²) in [7, 11) is 0. The molecule has 0 fully saturated rings. The van der Waals surface area contributed by atoms with Crippen molar-refractivity contribution in [3.05, 3.63) is 34.4 Å². The molecule has 0 aliphatic carbocycles. The highest BCUT2D eigenvalue weighted by atomic mass is 79.9. The van der Waals surface area contributed by atoms with Gasteiger partial charge in [0.15, 0.2) is 11.6 Å². The quantitative estimate of drug-likeness (QED) is 0.765. The van der Waals surface area contributed by atoms with E-state index in [2.05, 4.69) is 21.2 Å². The molecule has 5 nitrogen and oxygen atoms in total. The van der Waals surface area contributed by atoms with E-state index < -0.39 is 29.4 Å². The molecule has 0 unspecified atom stereocenters. The summed E-state index contributed by atoms with van der Waals surface area (Å²) in [6.45, 7) is 5.03. The van der Waals surface area contributed by atoms with Gasteiger partial charge in [-0.05, 0) is 48.8 Å². The fraction of sp³-hybridized carbons (Fsp3) is 0.438. The van der Waals surface area contributed by atoms with E-state index in [0.29, 0.717) is 9.99 Å². The Morgan fingerprint density at radius 3 is 2.71 bits per heavy atom. The topological polar surface area (TPSA) is 63.5 Å². The number of ether oxygens (including phenoxy) is 1.